The van der Waals surface area contributed by atoms with Gasteiger partial charge in [-0.2, -0.15) is 5.10 Å². The lowest BCUT2D eigenvalue weighted by molar-refractivity contribution is 0.250. The van der Waals surface area contributed by atoms with Crippen LogP contribution in [0, 0.1) is 11.8 Å². The van der Waals surface area contributed by atoms with Crippen molar-refractivity contribution in [1.29, 1.82) is 0 Å². The molecule has 0 spiro atoms. The summed E-state index contributed by atoms with van der Waals surface area (Å²) >= 11 is 0. The van der Waals surface area contributed by atoms with Crippen molar-refractivity contribution < 1.29 is 0 Å². The number of aromatic nitrogens is 3. The van der Waals surface area contributed by atoms with Gasteiger partial charge in [-0.05, 0) is 38.5 Å². The molecule has 2 N–H and O–H groups in total. The van der Waals surface area contributed by atoms with Gasteiger partial charge in [0, 0.05) is 18.5 Å². The summed E-state index contributed by atoms with van der Waals surface area (Å²) in [7, 11) is 0. The van der Waals surface area contributed by atoms with Crippen molar-refractivity contribution in [1.82, 2.24) is 14.8 Å². The summed E-state index contributed by atoms with van der Waals surface area (Å²) in [5.74, 6) is 2.59. The van der Waals surface area contributed by atoms with Crippen LogP contribution in [0.15, 0.2) is 6.33 Å². The molecule has 0 bridgehead atoms. The Bertz CT molecular complexity index is 364. The molecule has 0 radical (unpaired) electrons. The lowest BCUT2D eigenvalue weighted by Gasteiger charge is -2.30. The number of nitrogens with two attached hydrogens (primary N) is 1. The Kier molecular flexibility index (Phi) is 4.38. The number of rotatable bonds is 4. The van der Waals surface area contributed by atoms with Gasteiger partial charge in [0.25, 0.3) is 0 Å². The molecule has 1 saturated carbocycles. The van der Waals surface area contributed by atoms with Gasteiger partial charge in [-0.1, -0.05) is 19.8 Å². The van der Waals surface area contributed by atoms with Gasteiger partial charge in [0.15, 0.2) is 0 Å². The first-order valence-electron chi connectivity index (χ1n) is 7.22. The highest BCUT2D eigenvalue weighted by atomic mass is 15.3. The Morgan fingerprint density at radius 2 is 2.00 bits per heavy atom. The Labute approximate surface area is 110 Å². The number of hydrogen-bond donors (Lipinski definition) is 1. The lowest BCUT2D eigenvalue weighted by Crippen LogP contribution is -2.35. The second-order valence-electron chi connectivity index (χ2n) is 6.10. The van der Waals surface area contributed by atoms with E-state index in [1.165, 1.54) is 25.7 Å². The fourth-order valence-corrected chi connectivity index (χ4v) is 2.94. The molecule has 4 nitrogen and oxygen atoms in total. The molecule has 4 heteroatoms. The highest BCUT2D eigenvalue weighted by molar-refractivity contribution is 4.93. The zero-order valence-corrected chi connectivity index (χ0v) is 11.8. The predicted octanol–water partition coefficient (Wildman–Crippen LogP) is 2.56. The molecule has 1 aliphatic rings. The summed E-state index contributed by atoms with van der Waals surface area (Å²) in [6, 6.07) is 0.597. The van der Waals surface area contributed by atoms with Crippen LogP contribution in [-0.4, -0.2) is 20.8 Å². The third kappa shape index (κ3) is 3.10. The maximum Gasteiger partial charge on any atom is 0.138 e. The zero-order valence-electron chi connectivity index (χ0n) is 11.8. The van der Waals surface area contributed by atoms with Crippen molar-refractivity contribution in [3.05, 3.63) is 12.2 Å². The van der Waals surface area contributed by atoms with Gasteiger partial charge >= 0.3 is 0 Å². The van der Waals surface area contributed by atoms with E-state index in [1.54, 1.807) is 6.33 Å². The second-order valence-corrected chi connectivity index (χ2v) is 6.10. The molecule has 1 aliphatic carbocycles. The Hall–Kier alpha value is -0.900. The van der Waals surface area contributed by atoms with E-state index < -0.39 is 0 Å². The summed E-state index contributed by atoms with van der Waals surface area (Å²) in [6.45, 7) is 6.61. The van der Waals surface area contributed by atoms with Crippen LogP contribution in [0.5, 0.6) is 0 Å². The minimum absolute atomic E-state index is 0.235. The summed E-state index contributed by atoms with van der Waals surface area (Å²) in [5.41, 5.74) is 6.37. The van der Waals surface area contributed by atoms with Crippen molar-refractivity contribution in [2.24, 2.45) is 17.6 Å². The minimum Gasteiger partial charge on any atom is -0.327 e. The smallest absolute Gasteiger partial charge is 0.138 e. The van der Waals surface area contributed by atoms with Crippen LogP contribution >= 0.6 is 0 Å². The fourth-order valence-electron chi connectivity index (χ4n) is 2.94. The van der Waals surface area contributed by atoms with Gasteiger partial charge in [-0.15, -0.1) is 0 Å². The molecule has 0 aromatic carbocycles. The van der Waals surface area contributed by atoms with Crippen LogP contribution in [0.1, 0.15) is 58.3 Å². The molecule has 0 amide bonds. The summed E-state index contributed by atoms with van der Waals surface area (Å²) < 4.78 is 1.99. The van der Waals surface area contributed by atoms with Crippen LogP contribution in [0.4, 0.5) is 0 Å². The van der Waals surface area contributed by atoms with E-state index in [0.717, 1.165) is 18.2 Å². The summed E-state index contributed by atoms with van der Waals surface area (Å²) in [5, 5.41) is 4.28. The largest absolute Gasteiger partial charge is 0.327 e. The highest BCUT2D eigenvalue weighted by Gasteiger charge is 2.25. The molecule has 0 saturated heterocycles. The molecular formula is C14H26N4. The molecule has 102 valence electrons. The molecule has 1 aromatic rings. The van der Waals surface area contributed by atoms with E-state index in [9.17, 15) is 0 Å². The van der Waals surface area contributed by atoms with Gasteiger partial charge < -0.3 is 5.73 Å². The maximum absolute atomic E-state index is 6.37. The predicted molar refractivity (Wildman–Crippen MR) is 73.2 cm³/mol. The molecule has 1 unspecified atom stereocenters. The first kappa shape index (κ1) is 13.5. The summed E-state index contributed by atoms with van der Waals surface area (Å²) in [4.78, 5) is 4.36. The monoisotopic (exact) mass is 250 g/mol. The van der Waals surface area contributed by atoms with Crippen molar-refractivity contribution in [2.45, 2.75) is 65.0 Å². The molecular weight excluding hydrogens is 224 g/mol. The van der Waals surface area contributed by atoms with E-state index >= 15 is 0 Å². The van der Waals surface area contributed by atoms with E-state index in [1.807, 2.05) is 4.68 Å². The molecule has 1 aromatic heterocycles. The fraction of sp³-hybridized carbons (Fsp3) is 0.857. The normalized spacial score (nSPS) is 26.5. The molecule has 1 atom stereocenters. The average Bonchev–Trinajstić information content (AvgIpc) is 2.78. The molecule has 18 heavy (non-hydrogen) atoms. The molecule has 0 aliphatic heterocycles. The standard InChI is InChI=1S/C14H26N4/c1-10(2)18-14(16-9-17-18)8-13(15)12-6-4-11(3)5-7-12/h9-13H,4-8,15H2,1-3H3. The van der Waals surface area contributed by atoms with Crippen molar-refractivity contribution in [3.63, 3.8) is 0 Å². The number of hydrogen-bond acceptors (Lipinski definition) is 3. The van der Waals surface area contributed by atoms with Gasteiger partial charge in [-0.25, -0.2) is 9.67 Å². The Morgan fingerprint density at radius 3 is 2.61 bits per heavy atom. The minimum atomic E-state index is 0.235. The van der Waals surface area contributed by atoms with Gasteiger partial charge in [-0.3, -0.25) is 0 Å². The first-order valence-corrected chi connectivity index (χ1v) is 7.22. The van der Waals surface area contributed by atoms with E-state index in [2.05, 4.69) is 30.9 Å². The Balaban J connectivity index is 1.94. The topological polar surface area (TPSA) is 56.7 Å². The molecule has 1 fully saturated rings. The van der Waals surface area contributed by atoms with Crippen molar-refractivity contribution >= 4 is 0 Å². The van der Waals surface area contributed by atoms with Crippen LogP contribution in [0.2, 0.25) is 0 Å². The third-order valence-electron chi connectivity index (χ3n) is 4.22. The maximum atomic E-state index is 6.37. The summed E-state index contributed by atoms with van der Waals surface area (Å²) in [6.07, 6.45) is 7.71. The van der Waals surface area contributed by atoms with E-state index in [0.29, 0.717) is 12.0 Å². The van der Waals surface area contributed by atoms with Crippen LogP contribution < -0.4 is 5.73 Å². The van der Waals surface area contributed by atoms with Gasteiger partial charge in [0.2, 0.25) is 0 Å². The SMILES string of the molecule is CC1CCC(C(N)Cc2ncnn2C(C)C)CC1. The highest BCUT2D eigenvalue weighted by Crippen LogP contribution is 2.30. The quantitative estimate of drug-likeness (QED) is 0.893. The van der Waals surface area contributed by atoms with E-state index in [4.69, 9.17) is 5.73 Å². The lowest BCUT2D eigenvalue weighted by atomic mass is 9.78. The molecule has 1 heterocycles. The average molecular weight is 250 g/mol. The van der Waals surface area contributed by atoms with Crippen molar-refractivity contribution in [3.8, 4) is 0 Å². The van der Waals surface area contributed by atoms with Crippen molar-refractivity contribution in [2.75, 3.05) is 0 Å². The molecule has 2 rings (SSSR count). The first-order chi connectivity index (χ1) is 8.58. The van der Waals surface area contributed by atoms with Crippen LogP contribution in [0.25, 0.3) is 0 Å². The zero-order chi connectivity index (χ0) is 13.1. The number of nitrogens with zero attached hydrogens (tertiary/aromatic N) is 3. The Morgan fingerprint density at radius 1 is 1.33 bits per heavy atom. The van der Waals surface area contributed by atoms with Crippen LogP contribution in [0.3, 0.4) is 0 Å². The van der Waals surface area contributed by atoms with Gasteiger partial charge in [0.05, 0.1) is 0 Å². The van der Waals surface area contributed by atoms with Crippen LogP contribution in [-0.2, 0) is 6.42 Å². The van der Waals surface area contributed by atoms with Gasteiger partial charge in [0.1, 0.15) is 12.2 Å². The third-order valence-corrected chi connectivity index (χ3v) is 4.22. The van der Waals surface area contributed by atoms with E-state index in [-0.39, 0.29) is 6.04 Å². The second kappa shape index (κ2) is 5.83.